The number of hydrogen-bond acceptors (Lipinski definition) is 4. The van der Waals surface area contributed by atoms with Crippen molar-refractivity contribution in [3.63, 3.8) is 0 Å². The molecule has 1 amide bonds. The number of halogens is 2. The Morgan fingerprint density at radius 1 is 1.28 bits per heavy atom. The average molecular weight is 405 g/mol. The molecule has 0 aromatic heterocycles. The summed E-state index contributed by atoms with van der Waals surface area (Å²) >= 11 is 0. The van der Waals surface area contributed by atoms with Gasteiger partial charge in [0, 0.05) is 39.1 Å². The Bertz CT molecular complexity index is 781. The van der Waals surface area contributed by atoms with Gasteiger partial charge in [-0.3, -0.25) is 14.7 Å². The highest BCUT2D eigenvalue weighted by molar-refractivity contribution is 5.97. The lowest BCUT2D eigenvalue weighted by molar-refractivity contribution is -0.127. The van der Waals surface area contributed by atoms with Gasteiger partial charge in [-0.25, -0.2) is 8.78 Å². The number of rotatable bonds is 8. The van der Waals surface area contributed by atoms with E-state index in [1.165, 1.54) is 12.1 Å². The quantitative estimate of drug-likeness (QED) is 0.526. The van der Waals surface area contributed by atoms with Gasteiger partial charge in [-0.1, -0.05) is 18.2 Å². The molecular weight excluding hydrogens is 374 g/mol. The second kappa shape index (κ2) is 10.4. The number of benzene rings is 1. The van der Waals surface area contributed by atoms with Crippen LogP contribution >= 0.6 is 0 Å². The van der Waals surface area contributed by atoms with Crippen LogP contribution in [0.4, 0.5) is 14.5 Å². The van der Waals surface area contributed by atoms with Crippen molar-refractivity contribution in [2.24, 2.45) is 4.99 Å². The van der Waals surface area contributed by atoms with Gasteiger partial charge in [-0.05, 0) is 45.7 Å². The standard InChI is InChI=1S/C22H30F2N4O/c1-5-8-17(23)19(25-4)11-12-27-13-15-28(16-14-27)22(2,3)21(29)26-20-10-7-6-9-18(20)24/h5-10H,4,11-16H2,1-3H3,(H,26,29)/b8-5-,19-17+. The van der Waals surface area contributed by atoms with E-state index in [9.17, 15) is 13.6 Å². The van der Waals surface area contributed by atoms with E-state index < -0.39 is 11.4 Å². The highest BCUT2D eigenvalue weighted by Gasteiger charge is 2.36. The Labute approximate surface area is 171 Å². The number of piperazine rings is 1. The first-order valence-electron chi connectivity index (χ1n) is 9.81. The molecule has 0 spiro atoms. The fourth-order valence-electron chi connectivity index (χ4n) is 3.29. The van der Waals surface area contributed by atoms with Gasteiger partial charge < -0.3 is 10.2 Å². The topological polar surface area (TPSA) is 47.9 Å². The summed E-state index contributed by atoms with van der Waals surface area (Å²) in [6.07, 6.45) is 3.50. The van der Waals surface area contributed by atoms with Crippen molar-refractivity contribution in [2.45, 2.75) is 32.7 Å². The Morgan fingerprint density at radius 3 is 2.52 bits per heavy atom. The van der Waals surface area contributed by atoms with Gasteiger partial charge in [-0.2, -0.15) is 0 Å². The minimum Gasteiger partial charge on any atom is -0.322 e. The van der Waals surface area contributed by atoms with Crippen LogP contribution in [0, 0.1) is 5.82 Å². The van der Waals surface area contributed by atoms with Crippen LogP contribution in [-0.2, 0) is 4.79 Å². The zero-order valence-electron chi connectivity index (χ0n) is 17.4. The second-order valence-electron chi connectivity index (χ2n) is 7.52. The van der Waals surface area contributed by atoms with E-state index in [4.69, 9.17) is 0 Å². The molecule has 1 fully saturated rings. The third-order valence-electron chi connectivity index (χ3n) is 5.28. The van der Waals surface area contributed by atoms with Crippen molar-refractivity contribution in [1.29, 1.82) is 0 Å². The molecule has 1 saturated heterocycles. The fraction of sp³-hybridized carbons (Fsp3) is 0.455. The highest BCUT2D eigenvalue weighted by atomic mass is 19.1. The number of aliphatic imine (C=N–C) groups is 1. The first kappa shape index (κ1) is 22.9. The van der Waals surface area contributed by atoms with Crippen LogP contribution in [0.15, 0.2) is 52.9 Å². The molecule has 1 aliphatic heterocycles. The molecule has 1 N–H and O–H groups in total. The number of allylic oxidation sites excluding steroid dienone is 3. The van der Waals surface area contributed by atoms with Crippen LogP contribution in [0.2, 0.25) is 0 Å². The summed E-state index contributed by atoms with van der Waals surface area (Å²) in [7, 11) is 0. The third kappa shape index (κ3) is 6.05. The van der Waals surface area contributed by atoms with Gasteiger partial charge in [-0.15, -0.1) is 0 Å². The maximum absolute atomic E-state index is 13.9. The van der Waals surface area contributed by atoms with Gasteiger partial charge in [0.1, 0.15) is 11.6 Å². The highest BCUT2D eigenvalue weighted by Crippen LogP contribution is 2.22. The van der Waals surface area contributed by atoms with E-state index in [1.807, 2.05) is 13.8 Å². The van der Waals surface area contributed by atoms with Crippen molar-refractivity contribution < 1.29 is 13.6 Å². The van der Waals surface area contributed by atoms with Crippen LogP contribution in [0.25, 0.3) is 0 Å². The van der Waals surface area contributed by atoms with Gasteiger partial charge in [0.05, 0.1) is 16.9 Å². The van der Waals surface area contributed by atoms with Gasteiger partial charge in [0.15, 0.2) is 0 Å². The van der Waals surface area contributed by atoms with E-state index in [-0.39, 0.29) is 17.4 Å². The van der Waals surface area contributed by atoms with E-state index in [2.05, 4.69) is 26.8 Å². The van der Waals surface area contributed by atoms with Crippen molar-refractivity contribution in [1.82, 2.24) is 9.80 Å². The molecule has 1 aliphatic rings. The smallest absolute Gasteiger partial charge is 0.244 e. The molecule has 5 nitrogen and oxygen atoms in total. The molecule has 2 rings (SSSR count). The van der Waals surface area contributed by atoms with E-state index in [0.29, 0.717) is 31.8 Å². The lowest BCUT2D eigenvalue weighted by Gasteiger charge is -2.43. The summed E-state index contributed by atoms with van der Waals surface area (Å²) < 4.78 is 27.7. The second-order valence-corrected chi connectivity index (χ2v) is 7.52. The van der Waals surface area contributed by atoms with Crippen LogP contribution in [0.5, 0.6) is 0 Å². The fourth-order valence-corrected chi connectivity index (χ4v) is 3.29. The molecule has 0 aliphatic carbocycles. The Balaban J connectivity index is 1.90. The van der Waals surface area contributed by atoms with Crippen molar-refractivity contribution >= 4 is 18.3 Å². The molecule has 0 bridgehead atoms. The molecule has 1 heterocycles. The van der Waals surface area contributed by atoms with Crippen LogP contribution in [0.1, 0.15) is 27.2 Å². The molecule has 1 aromatic carbocycles. The number of carbonyl (C=O) groups excluding carboxylic acids is 1. The monoisotopic (exact) mass is 404 g/mol. The molecule has 0 atom stereocenters. The first-order valence-corrected chi connectivity index (χ1v) is 9.81. The third-order valence-corrected chi connectivity index (χ3v) is 5.28. The lowest BCUT2D eigenvalue weighted by Crippen LogP contribution is -2.59. The maximum Gasteiger partial charge on any atom is 0.244 e. The number of para-hydroxylation sites is 1. The van der Waals surface area contributed by atoms with E-state index in [0.717, 1.165) is 13.1 Å². The summed E-state index contributed by atoms with van der Waals surface area (Å²) in [5, 5.41) is 2.69. The Kier molecular flexibility index (Phi) is 8.22. The lowest BCUT2D eigenvalue weighted by atomic mass is 10.00. The molecule has 29 heavy (non-hydrogen) atoms. The predicted octanol–water partition coefficient (Wildman–Crippen LogP) is 4.01. The summed E-state index contributed by atoms with van der Waals surface area (Å²) in [6.45, 7) is 12.5. The largest absolute Gasteiger partial charge is 0.322 e. The maximum atomic E-state index is 13.9. The SMILES string of the molecule is C=N/C(CCN1CCN(C(C)(C)C(=O)Nc2ccccc2F)CC1)=C(F)\C=C/C. The Morgan fingerprint density at radius 2 is 1.93 bits per heavy atom. The van der Waals surface area contributed by atoms with Crippen molar-refractivity contribution in [3.05, 3.63) is 53.8 Å². The molecule has 158 valence electrons. The average Bonchev–Trinajstić information content (AvgIpc) is 2.70. The zero-order valence-corrected chi connectivity index (χ0v) is 17.4. The predicted molar refractivity (Wildman–Crippen MR) is 114 cm³/mol. The number of amides is 1. The summed E-state index contributed by atoms with van der Waals surface area (Å²) in [4.78, 5) is 20.9. The molecule has 7 heteroatoms. The zero-order chi connectivity index (χ0) is 21.4. The van der Waals surface area contributed by atoms with Gasteiger partial charge in [0.25, 0.3) is 0 Å². The summed E-state index contributed by atoms with van der Waals surface area (Å²) in [5.41, 5.74) is -0.237. The van der Waals surface area contributed by atoms with E-state index in [1.54, 1.807) is 31.2 Å². The van der Waals surface area contributed by atoms with Gasteiger partial charge in [0.2, 0.25) is 5.91 Å². The number of anilines is 1. The first-order chi connectivity index (χ1) is 13.8. The Hall–Kier alpha value is -2.38. The summed E-state index contributed by atoms with van der Waals surface area (Å²) in [6, 6.07) is 6.14. The minimum atomic E-state index is -0.778. The molecule has 0 radical (unpaired) electrons. The van der Waals surface area contributed by atoms with Crippen LogP contribution in [-0.4, -0.2) is 60.7 Å². The molecule has 0 unspecified atom stereocenters. The number of hydrogen-bond donors (Lipinski definition) is 1. The number of nitrogens with one attached hydrogen (secondary N) is 1. The number of carbonyl (C=O) groups is 1. The molecule has 0 saturated carbocycles. The normalized spacial score (nSPS) is 17.3. The van der Waals surface area contributed by atoms with Crippen molar-refractivity contribution in [2.75, 3.05) is 38.0 Å². The van der Waals surface area contributed by atoms with Gasteiger partial charge >= 0.3 is 0 Å². The van der Waals surface area contributed by atoms with Crippen molar-refractivity contribution in [3.8, 4) is 0 Å². The summed E-state index contributed by atoms with van der Waals surface area (Å²) in [5.74, 6) is -1.05. The van der Waals surface area contributed by atoms with Crippen LogP contribution < -0.4 is 5.32 Å². The molecular formula is C22H30F2N4O. The molecule has 1 aromatic rings. The minimum absolute atomic E-state index is 0.184. The van der Waals surface area contributed by atoms with E-state index >= 15 is 0 Å². The van der Waals surface area contributed by atoms with Crippen LogP contribution in [0.3, 0.4) is 0 Å². The number of nitrogens with zero attached hydrogens (tertiary/aromatic N) is 3.